The van der Waals surface area contributed by atoms with Crippen LogP contribution in [-0.2, 0) is 13.1 Å². The van der Waals surface area contributed by atoms with Gasteiger partial charge < -0.3 is 15.7 Å². The Bertz CT molecular complexity index is 520. The molecule has 1 heterocycles. The smallest absolute Gasteiger partial charge is 0.224 e. The molecule has 19 heavy (non-hydrogen) atoms. The highest BCUT2D eigenvalue weighted by molar-refractivity contribution is 5.46. The molecule has 0 aliphatic carbocycles. The van der Waals surface area contributed by atoms with Crippen LogP contribution < -0.4 is 10.6 Å². The summed E-state index contributed by atoms with van der Waals surface area (Å²) >= 11 is 0. The average molecular weight is 261 g/mol. The lowest BCUT2D eigenvalue weighted by molar-refractivity contribution is 0.475. The van der Waals surface area contributed by atoms with E-state index in [1.54, 1.807) is 12.1 Å². The molecule has 6 heteroatoms. The quantitative estimate of drug-likeness (QED) is 0.694. The molecule has 1 aromatic heterocycles. The van der Waals surface area contributed by atoms with Gasteiger partial charge in [0.25, 0.3) is 0 Å². The summed E-state index contributed by atoms with van der Waals surface area (Å²) in [7, 11) is 0. The van der Waals surface area contributed by atoms with Gasteiger partial charge in [0.15, 0.2) is 5.82 Å². The topological polar surface area (TPSA) is 75.0 Å². The molecule has 0 saturated heterocycles. The van der Waals surface area contributed by atoms with Crippen LogP contribution in [0.5, 0.6) is 5.75 Å². The van der Waals surface area contributed by atoms with Crippen molar-refractivity contribution in [2.24, 2.45) is 0 Å². The van der Waals surface area contributed by atoms with Crippen molar-refractivity contribution in [1.82, 2.24) is 14.8 Å². The molecule has 0 aliphatic rings. The first-order chi connectivity index (χ1) is 9.24. The van der Waals surface area contributed by atoms with Gasteiger partial charge in [-0.25, -0.2) is 0 Å². The van der Waals surface area contributed by atoms with E-state index in [1.807, 2.05) is 23.6 Å². The molecule has 0 saturated carbocycles. The van der Waals surface area contributed by atoms with E-state index in [1.165, 1.54) is 0 Å². The predicted molar refractivity (Wildman–Crippen MR) is 75.3 cm³/mol. The Morgan fingerprint density at radius 3 is 2.47 bits per heavy atom. The number of phenolic OH excluding ortho intramolecular Hbond substituents is 1. The van der Waals surface area contributed by atoms with Crippen LogP contribution in [0.15, 0.2) is 24.3 Å². The van der Waals surface area contributed by atoms with Gasteiger partial charge in [-0.3, -0.25) is 4.57 Å². The van der Waals surface area contributed by atoms with Crippen molar-refractivity contribution >= 4 is 11.6 Å². The van der Waals surface area contributed by atoms with E-state index in [0.717, 1.165) is 30.5 Å². The van der Waals surface area contributed by atoms with Gasteiger partial charge in [0.2, 0.25) is 5.95 Å². The number of nitrogens with zero attached hydrogens (tertiary/aromatic N) is 3. The summed E-state index contributed by atoms with van der Waals surface area (Å²) in [5, 5.41) is 24.0. The standard InChI is InChI=1S/C13H19N5O/c1-3-14-13-17-16-12(18(13)4-2)9-15-10-5-7-11(19)8-6-10/h5-8,15,19H,3-4,9H2,1-2H3,(H,14,17). The molecule has 0 fully saturated rings. The van der Waals surface area contributed by atoms with Crippen molar-refractivity contribution in [1.29, 1.82) is 0 Å². The van der Waals surface area contributed by atoms with Crippen LogP contribution in [0.1, 0.15) is 19.7 Å². The zero-order valence-corrected chi connectivity index (χ0v) is 11.2. The molecule has 0 atom stereocenters. The summed E-state index contributed by atoms with van der Waals surface area (Å²) < 4.78 is 2.04. The molecule has 102 valence electrons. The number of hydrogen-bond donors (Lipinski definition) is 3. The lowest BCUT2D eigenvalue weighted by Crippen LogP contribution is -2.11. The van der Waals surface area contributed by atoms with Gasteiger partial charge in [-0.1, -0.05) is 0 Å². The zero-order valence-electron chi connectivity index (χ0n) is 11.2. The number of anilines is 2. The van der Waals surface area contributed by atoms with E-state index in [4.69, 9.17) is 0 Å². The second-order valence-electron chi connectivity index (χ2n) is 4.11. The van der Waals surface area contributed by atoms with E-state index in [-0.39, 0.29) is 5.75 Å². The summed E-state index contributed by atoms with van der Waals surface area (Å²) in [5.41, 5.74) is 0.938. The highest BCUT2D eigenvalue weighted by Crippen LogP contribution is 2.15. The van der Waals surface area contributed by atoms with Crippen molar-refractivity contribution in [3.63, 3.8) is 0 Å². The van der Waals surface area contributed by atoms with Gasteiger partial charge >= 0.3 is 0 Å². The largest absolute Gasteiger partial charge is 0.508 e. The summed E-state index contributed by atoms with van der Waals surface area (Å²) in [4.78, 5) is 0. The van der Waals surface area contributed by atoms with E-state index in [9.17, 15) is 5.11 Å². The lowest BCUT2D eigenvalue weighted by atomic mass is 10.3. The van der Waals surface area contributed by atoms with Crippen molar-refractivity contribution in [2.75, 3.05) is 17.2 Å². The lowest BCUT2D eigenvalue weighted by Gasteiger charge is -2.09. The fourth-order valence-corrected chi connectivity index (χ4v) is 1.85. The van der Waals surface area contributed by atoms with E-state index >= 15 is 0 Å². The number of phenols is 1. The van der Waals surface area contributed by atoms with Gasteiger partial charge in [-0.15, -0.1) is 10.2 Å². The van der Waals surface area contributed by atoms with Crippen molar-refractivity contribution in [2.45, 2.75) is 26.9 Å². The molecule has 1 aromatic carbocycles. The van der Waals surface area contributed by atoms with Gasteiger partial charge in [-0.05, 0) is 38.1 Å². The van der Waals surface area contributed by atoms with Crippen LogP contribution in [0.2, 0.25) is 0 Å². The van der Waals surface area contributed by atoms with E-state index < -0.39 is 0 Å². The third kappa shape index (κ3) is 3.15. The summed E-state index contributed by atoms with van der Waals surface area (Å²) in [6, 6.07) is 6.95. The molecule has 0 aliphatic heterocycles. The Morgan fingerprint density at radius 1 is 1.11 bits per heavy atom. The normalized spacial score (nSPS) is 10.4. The van der Waals surface area contributed by atoms with Crippen LogP contribution in [-0.4, -0.2) is 26.4 Å². The molecule has 0 unspecified atom stereocenters. The number of benzene rings is 1. The summed E-state index contributed by atoms with van der Waals surface area (Å²) in [6.07, 6.45) is 0. The maximum Gasteiger partial charge on any atom is 0.224 e. The SMILES string of the molecule is CCNc1nnc(CNc2ccc(O)cc2)n1CC. The molecule has 0 spiro atoms. The number of hydrogen-bond acceptors (Lipinski definition) is 5. The second kappa shape index (κ2) is 6.08. The van der Waals surface area contributed by atoms with Gasteiger partial charge in [0, 0.05) is 18.8 Å². The minimum atomic E-state index is 0.261. The first-order valence-electron chi connectivity index (χ1n) is 6.43. The fraction of sp³-hybridized carbons (Fsp3) is 0.385. The third-order valence-electron chi connectivity index (χ3n) is 2.80. The molecule has 2 rings (SSSR count). The van der Waals surface area contributed by atoms with E-state index in [2.05, 4.69) is 27.8 Å². The predicted octanol–water partition coefficient (Wildman–Crippen LogP) is 2.05. The number of rotatable bonds is 6. The molecule has 3 N–H and O–H groups in total. The second-order valence-corrected chi connectivity index (χ2v) is 4.11. The van der Waals surface area contributed by atoms with Crippen LogP contribution in [0.3, 0.4) is 0 Å². The average Bonchev–Trinajstić information content (AvgIpc) is 2.81. The minimum absolute atomic E-state index is 0.261. The molecular weight excluding hydrogens is 242 g/mol. The Balaban J connectivity index is 2.04. The molecular formula is C13H19N5O. The van der Waals surface area contributed by atoms with Crippen LogP contribution in [0.25, 0.3) is 0 Å². The van der Waals surface area contributed by atoms with Crippen LogP contribution in [0, 0.1) is 0 Å². The first-order valence-corrected chi connectivity index (χ1v) is 6.43. The highest BCUT2D eigenvalue weighted by atomic mass is 16.3. The number of nitrogens with one attached hydrogen (secondary N) is 2. The van der Waals surface area contributed by atoms with Crippen molar-refractivity contribution < 1.29 is 5.11 Å². The Labute approximate surface area is 112 Å². The molecule has 2 aromatic rings. The molecule has 0 bridgehead atoms. The first kappa shape index (κ1) is 13.2. The van der Waals surface area contributed by atoms with Crippen LogP contribution >= 0.6 is 0 Å². The monoisotopic (exact) mass is 261 g/mol. The minimum Gasteiger partial charge on any atom is -0.508 e. The van der Waals surface area contributed by atoms with E-state index in [0.29, 0.717) is 6.54 Å². The number of aromatic nitrogens is 3. The Kier molecular flexibility index (Phi) is 4.22. The Hall–Kier alpha value is -2.24. The highest BCUT2D eigenvalue weighted by Gasteiger charge is 2.09. The van der Waals surface area contributed by atoms with Crippen molar-refractivity contribution in [3.8, 4) is 5.75 Å². The zero-order chi connectivity index (χ0) is 13.7. The molecule has 6 nitrogen and oxygen atoms in total. The maximum atomic E-state index is 9.22. The number of aromatic hydroxyl groups is 1. The molecule has 0 radical (unpaired) electrons. The third-order valence-corrected chi connectivity index (χ3v) is 2.80. The summed E-state index contributed by atoms with van der Waals surface area (Å²) in [6.45, 7) is 6.33. The Morgan fingerprint density at radius 2 is 1.84 bits per heavy atom. The van der Waals surface area contributed by atoms with Gasteiger partial charge in [0.1, 0.15) is 5.75 Å². The maximum absolute atomic E-state index is 9.22. The van der Waals surface area contributed by atoms with Gasteiger partial charge in [0.05, 0.1) is 6.54 Å². The van der Waals surface area contributed by atoms with Crippen LogP contribution in [0.4, 0.5) is 11.6 Å². The summed E-state index contributed by atoms with van der Waals surface area (Å²) in [5.74, 6) is 1.94. The van der Waals surface area contributed by atoms with Crippen molar-refractivity contribution in [3.05, 3.63) is 30.1 Å². The van der Waals surface area contributed by atoms with Gasteiger partial charge in [-0.2, -0.15) is 0 Å². The molecule has 0 amide bonds. The fourth-order valence-electron chi connectivity index (χ4n) is 1.85.